The lowest BCUT2D eigenvalue weighted by Gasteiger charge is -2.37. The average Bonchev–Trinajstić information content (AvgIpc) is 3.07. The summed E-state index contributed by atoms with van der Waals surface area (Å²) in [5.41, 5.74) is 7.19. The smallest absolute Gasteiger partial charge is 0.166 e. The van der Waals surface area contributed by atoms with Gasteiger partial charge in [0, 0.05) is 28.7 Å². The lowest BCUT2D eigenvalue weighted by Crippen LogP contribution is -2.51. The van der Waals surface area contributed by atoms with Crippen molar-refractivity contribution in [1.82, 2.24) is 4.90 Å². The second-order valence-electron chi connectivity index (χ2n) is 5.60. The van der Waals surface area contributed by atoms with Gasteiger partial charge < -0.3 is 15.2 Å². The van der Waals surface area contributed by atoms with Gasteiger partial charge in [-0.25, -0.2) is 0 Å². The third kappa shape index (κ3) is 2.47. The molecular weight excluding hydrogens is 308 g/mol. The van der Waals surface area contributed by atoms with Gasteiger partial charge in [0.15, 0.2) is 11.5 Å². The van der Waals surface area contributed by atoms with Crippen LogP contribution < -0.4 is 15.2 Å². The molecule has 2 fully saturated rings. The molecule has 1 aliphatic carbocycles. The topological polar surface area (TPSA) is 47.7 Å². The van der Waals surface area contributed by atoms with Gasteiger partial charge in [-0.2, -0.15) is 0 Å². The molecule has 2 N–H and O–H groups in total. The van der Waals surface area contributed by atoms with Crippen LogP contribution >= 0.6 is 15.9 Å². The maximum atomic E-state index is 6.36. The molecule has 5 heteroatoms. The summed E-state index contributed by atoms with van der Waals surface area (Å²) in [6, 6.07) is 4.00. The molecule has 0 atom stereocenters. The molecule has 0 bridgehead atoms. The van der Waals surface area contributed by atoms with Crippen LogP contribution in [0.1, 0.15) is 18.4 Å². The molecule has 1 aliphatic heterocycles. The summed E-state index contributed by atoms with van der Waals surface area (Å²) in [5.74, 6) is 1.58. The zero-order chi connectivity index (χ0) is 13.6. The first-order valence-corrected chi connectivity index (χ1v) is 7.33. The van der Waals surface area contributed by atoms with Gasteiger partial charge in [0.05, 0.1) is 7.11 Å². The van der Waals surface area contributed by atoms with Crippen molar-refractivity contribution in [3.05, 3.63) is 22.2 Å². The molecule has 0 radical (unpaired) electrons. The summed E-state index contributed by atoms with van der Waals surface area (Å²) in [6.07, 6.45) is 2.25. The highest BCUT2D eigenvalue weighted by molar-refractivity contribution is 9.10. The van der Waals surface area contributed by atoms with Gasteiger partial charge in [0.25, 0.3) is 0 Å². The summed E-state index contributed by atoms with van der Waals surface area (Å²) in [7, 11) is 3.76. The summed E-state index contributed by atoms with van der Waals surface area (Å²) in [4.78, 5) is 2.23. The molecule has 0 spiro atoms. The van der Waals surface area contributed by atoms with E-state index >= 15 is 0 Å². The summed E-state index contributed by atoms with van der Waals surface area (Å²) < 4.78 is 12.6. The molecular formula is C14H19BrN2O2. The Bertz CT molecular complexity index is 496. The van der Waals surface area contributed by atoms with Crippen LogP contribution in [0.2, 0.25) is 0 Å². The van der Waals surface area contributed by atoms with E-state index in [0.717, 1.165) is 47.5 Å². The monoisotopic (exact) mass is 326 g/mol. The third-order valence-corrected chi connectivity index (χ3v) is 4.34. The molecule has 4 nitrogen and oxygen atoms in total. The molecule has 1 heterocycles. The van der Waals surface area contributed by atoms with Crippen molar-refractivity contribution >= 4 is 15.9 Å². The zero-order valence-electron chi connectivity index (χ0n) is 11.3. The molecule has 0 amide bonds. The van der Waals surface area contributed by atoms with Crippen LogP contribution in [0, 0.1) is 0 Å². The van der Waals surface area contributed by atoms with Crippen molar-refractivity contribution in [1.29, 1.82) is 0 Å². The number of rotatable bonds is 4. The van der Waals surface area contributed by atoms with E-state index in [1.54, 1.807) is 7.11 Å². The van der Waals surface area contributed by atoms with E-state index in [0.29, 0.717) is 0 Å². The average molecular weight is 327 g/mol. The van der Waals surface area contributed by atoms with Crippen molar-refractivity contribution in [2.75, 3.05) is 27.2 Å². The van der Waals surface area contributed by atoms with Gasteiger partial charge in [0.1, 0.15) is 6.10 Å². The summed E-state index contributed by atoms with van der Waals surface area (Å²) >= 11 is 3.52. The Kier molecular flexibility index (Phi) is 3.23. The van der Waals surface area contributed by atoms with Gasteiger partial charge in [-0.15, -0.1) is 0 Å². The van der Waals surface area contributed by atoms with E-state index < -0.39 is 0 Å². The van der Waals surface area contributed by atoms with Gasteiger partial charge in [-0.05, 0) is 32.0 Å². The third-order valence-electron chi connectivity index (χ3n) is 3.88. The van der Waals surface area contributed by atoms with Gasteiger partial charge in [-0.3, -0.25) is 4.90 Å². The highest BCUT2D eigenvalue weighted by atomic mass is 79.9. The number of benzene rings is 1. The minimum absolute atomic E-state index is 0.234. The summed E-state index contributed by atoms with van der Waals surface area (Å²) in [6.45, 7) is 1.91. The molecule has 104 valence electrons. The first-order valence-electron chi connectivity index (χ1n) is 6.54. The lowest BCUT2D eigenvalue weighted by molar-refractivity contribution is 0.0359. The number of ether oxygens (including phenoxy) is 2. The second-order valence-corrected chi connectivity index (χ2v) is 6.52. The quantitative estimate of drug-likeness (QED) is 0.920. The number of halogens is 1. The largest absolute Gasteiger partial charge is 0.493 e. The zero-order valence-corrected chi connectivity index (χ0v) is 12.9. The molecule has 3 rings (SSSR count). The van der Waals surface area contributed by atoms with Crippen LogP contribution in [0.5, 0.6) is 11.5 Å². The predicted molar refractivity (Wildman–Crippen MR) is 77.7 cm³/mol. The van der Waals surface area contributed by atoms with E-state index in [4.69, 9.17) is 15.2 Å². The van der Waals surface area contributed by atoms with Gasteiger partial charge >= 0.3 is 0 Å². The summed E-state index contributed by atoms with van der Waals surface area (Å²) in [5, 5.41) is 0. The van der Waals surface area contributed by atoms with Crippen LogP contribution in [0.3, 0.4) is 0 Å². The van der Waals surface area contributed by atoms with Crippen LogP contribution in [0.15, 0.2) is 16.6 Å². The van der Waals surface area contributed by atoms with Crippen LogP contribution in [0.25, 0.3) is 0 Å². The van der Waals surface area contributed by atoms with Crippen LogP contribution in [0.4, 0.5) is 0 Å². The molecule has 2 aliphatic rings. The Labute approximate surface area is 122 Å². The molecule has 1 aromatic carbocycles. The lowest BCUT2D eigenvalue weighted by atomic mass is 10.0. The molecule has 0 aromatic heterocycles. The van der Waals surface area contributed by atoms with Crippen molar-refractivity contribution in [2.45, 2.75) is 24.5 Å². The van der Waals surface area contributed by atoms with Crippen LogP contribution in [-0.4, -0.2) is 38.3 Å². The number of nitrogens with two attached hydrogens (primary N) is 1. The fourth-order valence-corrected chi connectivity index (χ4v) is 2.94. The fourth-order valence-electron chi connectivity index (χ4n) is 2.50. The first kappa shape index (κ1) is 13.2. The van der Waals surface area contributed by atoms with Gasteiger partial charge in [-0.1, -0.05) is 15.9 Å². The van der Waals surface area contributed by atoms with E-state index in [1.165, 1.54) is 0 Å². The van der Waals surface area contributed by atoms with Crippen LogP contribution in [-0.2, 0) is 5.54 Å². The number of likely N-dealkylation sites (tertiary alicyclic amines) is 1. The fraction of sp³-hybridized carbons (Fsp3) is 0.571. The molecule has 19 heavy (non-hydrogen) atoms. The predicted octanol–water partition coefficient (Wildman–Crippen LogP) is 2.10. The highest BCUT2D eigenvalue weighted by Gasteiger charge is 2.44. The second kappa shape index (κ2) is 4.65. The van der Waals surface area contributed by atoms with Crippen molar-refractivity contribution in [3.63, 3.8) is 0 Å². The Hall–Kier alpha value is -0.780. The number of methoxy groups -OCH3 is 1. The Morgan fingerprint density at radius 2 is 2.05 bits per heavy atom. The number of hydrogen-bond donors (Lipinski definition) is 1. The molecule has 1 saturated carbocycles. The van der Waals surface area contributed by atoms with Gasteiger partial charge in [0.2, 0.25) is 0 Å². The number of nitrogens with zero attached hydrogens (tertiary/aromatic N) is 1. The van der Waals surface area contributed by atoms with Crippen molar-refractivity contribution in [2.24, 2.45) is 5.73 Å². The Morgan fingerprint density at radius 1 is 1.37 bits per heavy atom. The Morgan fingerprint density at radius 3 is 2.58 bits per heavy atom. The minimum atomic E-state index is -0.234. The van der Waals surface area contributed by atoms with Crippen molar-refractivity contribution in [3.8, 4) is 11.5 Å². The maximum absolute atomic E-state index is 6.36. The van der Waals surface area contributed by atoms with Crippen molar-refractivity contribution < 1.29 is 9.47 Å². The maximum Gasteiger partial charge on any atom is 0.166 e. The normalized spacial score (nSPS) is 21.9. The molecule has 1 aromatic rings. The molecule has 0 unspecified atom stereocenters. The Balaban J connectivity index is 1.94. The number of hydrogen-bond acceptors (Lipinski definition) is 4. The SMILES string of the molecule is COc1cc(Br)cc(C2(N)CC2)c1OC1CN(C)C1. The molecule has 1 saturated heterocycles. The van der Waals surface area contributed by atoms with E-state index in [9.17, 15) is 0 Å². The minimum Gasteiger partial charge on any atom is -0.493 e. The van der Waals surface area contributed by atoms with E-state index in [-0.39, 0.29) is 11.6 Å². The number of likely N-dealkylation sites (N-methyl/N-ethyl adjacent to an activating group) is 1. The first-order chi connectivity index (χ1) is 9.01. The van der Waals surface area contributed by atoms with E-state index in [1.807, 2.05) is 6.07 Å². The van der Waals surface area contributed by atoms with E-state index in [2.05, 4.69) is 33.9 Å². The standard InChI is InChI=1S/C14H19BrN2O2/c1-17-7-10(8-17)19-13-11(14(16)3-4-14)5-9(15)6-12(13)18-2/h5-6,10H,3-4,7-8,16H2,1-2H3. The highest BCUT2D eigenvalue weighted by Crippen LogP contribution is 2.50.